The summed E-state index contributed by atoms with van der Waals surface area (Å²) in [6.45, 7) is 2.85. The zero-order valence-electron chi connectivity index (χ0n) is 13.0. The van der Waals surface area contributed by atoms with Gasteiger partial charge in [0.2, 0.25) is 0 Å². The van der Waals surface area contributed by atoms with Gasteiger partial charge in [0.15, 0.2) is 11.3 Å². The summed E-state index contributed by atoms with van der Waals surface area (Å²) in [5.41, 5.74) is 1.93. The molecule has 0 radical (unpaired) electrons. The second-order valence-electron chi connectivity index (χ2n) is 5.62. The molecule has 1 N–H and O–H groups in total. The van der Waals surface area contributed by atoms with Gasteiger partial charge in [-0.1, -0.05) is 18.2 Å². The number of carboxylic acids is 1. The van der Waals surface area contributed by atoms with Gasteiger partial charge in [-0.05, 0) is 19.1 Å². The summed E-state index contributed by atoms with van der Waals surface area (Å²) < 4.78 is 12.7. The van der Waals surface area contributed by atoms with Crippen LogP contribution in [0.3, 0.4) is 0 Å². The lowest BCUT2D eigenvalue weighted by atomic mass is 10.2. The van der Waals surface area contributed by atoms with E-state index >= 15 is 0 Å². The number of para-hydroxylation sites is 1. The van der Waals surface area contributed by atoms with E-state index in [1.165, 1.54) is 6.07 Å². The van der Waals surface area contributed by atoms with Gasteiger partial charge < -0.3 is 14.6 Å². The predicted octanol–water partition coefficient (Wildman–Crippen LogP) is 2.20. The van der Waals surface area contributed by atoms with Crippen LogP contribution in [-0.4, -0.2) is 45.2 Å². The summed E-state index contributed by atoms with van der Waals surface area (Å²) in [5.74, 6) is -0.629. The van der Waals surface area contributed by atoms with Crippen LogP contribution in [0.4, 0.5) is 0 Å². The van der Waals surface area contributed by atoms with Crippen molar-refractivity contribution < 1.29 is 19.4 Å². The van der Waals surface area contributed by atoms with Crippen molar-refractivity contribution in [1.29, 1.82) is 0 Å². The molecule has 1 fully saturated rings. The van der Waals surface area contributed by atoms with Gasteiger partial charge in [0.25, 0.3) is 0 Å². The molecular formula is C17H15N3O4. The first-order valence-electron chi connectivity index (χ1n) is 7.57. The average Bonchev–Trinajstić information content (AvgIpc) is 2.89. The SMILES string of the molecule is Cc1nn(-c2ccccc2)c2nc(C(=O)O)cc(OC3COC3)c12. The van der Waals surface area contributed by atoms with E-state index in [-0.39, 0.29) is 11.8 Å². The van der Waals surface area contributed by atoms with Crippen LogP contribution in [-0.2, 0) is 4.74 Å². The molecule has 0 aliphatic carbocycles. The Morgan fingerprint density at radius 2 is 2.08 bits per heavy atom. The second kappa shape index (κ2) is 5.61. The topological polar surface area (TPSA) is 86.5 Å². The van der Waals surface area contributed by atoms with Gasteiger partial charge in [-0.15, -0.1) is 0 Å². The number of fused-ring (bicyclic) bond motifs is 1. The van der Waals surface area contributed by atoms with Gasteiger partial charge in [0.05, 0.1) is 30.0 Å². The Bertz CT molecular complexity index is 916. The Kier molecular flexibility index (Phi) is 3.42. The van der Waals surface area contributed by atoms with E-state index in [1.54, 1.807) is 4.68 Å². The fourth-order valence-corrected chi connectivity index (χ4v) is 2.66. The number of carboxylic acid groups (broad SMARTS) is 1. The van der Waals surface area contributed by atoms with Gasteiger partial charge in [0, 0.05) is 6.07 Å². The number of nitrogens with zero attached hydrogens (tertiary/aromatic N) is 3. The van der Waals surface area contributed by atoms with Gasteiger partial charge in [-0.2, -0.15) is 5.10 Å². The number of rotatable bonds is 4. The van der Waals surface area contributed by atoms with Crippen molar-refractivity contribution in [2.75, 3.05) is 13.2 Å². The maximum atomic E-state index is 11.4. The van der Waals surface area contributed by atoms with E-state index < -0.39 is 5.97 Å². The molecule has 7 nitrogen and oxygen atoms in total. The molecule has 7 heteroatoms. The molecular weight excluding hydrogens is 310 g/mol. The van der Waals surface area contributed by atoms with Crippen LogP contribution >= 0.6 is 0 Å². The molecule has 2 aromatic heterocycles. The fraction of sp³-hybridized carbons (Fsp3) is 0.235. The minimum atomic E-state index is -1.11. The number of pyridine rings is 1. The lowest BCUT2D eigenvalue weighted by molar-refractivity contribution is -0.0791. The first-order chi connectivity index (χ1) is 11.6. The monoisotopic (exact) mass is 325 g/mol. The normalized spacial score (nSPS) is 14.5. The Labute approximate surface area is 137 Å². The molecule has 3 heterocycles. The quantitative estimate of drug-likeness (QED) is 0.791. The summed E-state index contributed by atoms with van der Waals surface area (Å²) in [6, 6.07) is 10.9. The van der Waals surface area contributed by atoms with E-state index in [0.717, 1.165) is 16.8 Å². The molecule has 0 atom stereocenters. The molecule has 122 valence electrons. The molecule has 24 heavy (non-hydrogen) atoms. The van der Waals surface area contributed by atoms with E-state index in [2.05, 4.69) is 10.1 Å². The van der Waals surface area contributed by atoms with Crippen molar-refractivity contribution in [2.24, 2.45) is 0 Å². The number of carbonyl (C=O) groups is 1. The number of aromatic carboxylic acids is 1. The zero-order valence-corrected chi connectivity index (χ0v) is 13.0. The lowest BCUT2D eigenvalue weighted by Gasteiger charge is -2.27. The van der Waals surface area contributed by atoms with Crippen molar-refractivity contribution in [1.82, 2.24) is 14.8 Å². The van der Waals surface area contributed by atoms with Crippen LogP contribution < -0.4 is 4.74 Å². The van der Waals surface area contributed by atoms with E-state index in [1.807, 2.05) is 37.3 Å². The van der Waals surface area contributed by atoms with Crippen molar-refractivity contribution >= 4 is 17.0 Å². The van der Waals surface area contributed by atoms with Crippen LogP contribution in [0.15, 0.2) is 36.4 Å². The summed E-state index contributed by atoms with van der Waals surface area (Å²) in [7, 11) is 0. The third kappa shape index (κ3) is 2.39. The molecule has 1 aliphatic heterocycles. The van der Waals surface area contributed by atoms with Gasteiger partial charge in [-0.25, -0.2) is 14.5 Å². The van der Waals surface area contributed by atoms with Crippen molar-refractivity contribution in [3.8, 4) is 11.4 Å². The standard InChI is InChI=1S/C17H15N3O4/c1-10-15-14(24-12-8-23-9-12)7-13(17(21)22)18-16(15)20(19-10)11-5-3-2-4-6-11/h2-7,12H,8-9H2,1H3,(H,21,22). The van der Waals surface area contributed by atoms with Gasteiger partial charge in [0.1, 0.15) is 11.9 Å². The highest BCUT2D eigenvalue weighted by Crippen LogP contribution is 2.31. The first-order valence-corrected chi connectivity index (χ1v) is 7.57. The number of hydrogen-bond donors (Lipinski definition) is 1. The molecule has 0 unspecified atom stereocenters. The summed E-state index contributed by atoms with van der Waals surface area (Å²) >= 11 is 0. The van der Waals surface area contributed by atoms with Crippen LogP contribution in [0.2, 0.25) is 0 Å². The zero-order chi connectivity index (χ0) is 16.7. The largest absolute Gasteiger partial charge is 0.485 e. The summed E-state index contributed by atoms with van der Waals surface area (Å²) in [4.78, 5) is 15.7. The maximum absolute atomic E-state index is 11.4. The van der Waals surface area contributed by atoms with Crippen molar-refractivity contribution in [3.63, 3.8) is 0 Å². The molecule has 0 spiro atoms. The molecule has 0 saturated carbocycles. The number of aryl methyl sites for hydroxylation is 1. The third-order valence-corrected chi connectivity index (χ3v) is 3.90. The number of ether oxygens (including phenoxy) is 2. The van der Waals surface area contributed by atoms with Crippen LogP contribution in [0.5, 0.6) is 5.75 Å². The van der Waals surface area contributed by atoms with E-state index in [4.69, 9.17) is 9.47 Å². The smallest absolute Gasteiger partial charge is 0.354 e. The molecule has 1 saturated heterocycles. The van der Waals surface area contributed by atoms with Crippen LogP contribution in [0.25, 0.3) is 16.7 Å². The highest BCUT2D eigenvalue weighted by molar-refractivity contribution is 5.93. The molecule has 4 rings (SSSR count). The minimum absolute atomic E-state index is 0.0725. The average molecular weight is 325 g/mol. The highest BCUT2D eigenvalue weighted by Gasteiger charge is 2.25. The highest BCUT2D eigenvalue weighted by atomic mass is 16.6. The first kappa shape index (κ1) is 14.6. The molecule has 0 amide bonds. The Hall–Kier alpha value is -2.93. The van der Waals surface area contributed by atoms with Gasteiger partial charge >= 0.3 is 5.97 Å². The van der Waals surface area contributed by atoms with Crippen molar-refractivity contribution in [2.45, 2.75) is 13.0 Å². The molecule has 0 bridgehead atoms. The molecule has 3 aromatic rings. The Morgan fingerprint density at radius 1 is 1.33 bits per heavy atom. The second-order valence-corrected chi connectivity index (χ2v) is 5.62. The predicted molar refractivity (Wildman–Crippen MR) is 85.8 cm³/mol. The minimum Gasteiger partial charge on any atom is -0.485 e. The van der Waals surface area contributed by atoms with E-state index in [0.29, 0.717) is 24.6 Å². The Morgan fingerprint density at radius 3 is 2.71 bits per heavy atom. The van der Waals surface area contributed by atoms with E-state index in [9.17, 15) is 9.90 Å². The maximum Gasteiger partial charge on any atom is 0.354 e. The summed E-state index contributed by atoms with van der Waals surface area (Å²) in [6.07, 6.45) is -0.0725. The summed E-state index contributed by atoms with van der Waals surface area (Å²) in [5, 5.41) is 14.6. The number of benzene rings is 1. The number of hydrogen-bond acceptors (Lipinski definition) is 5. The molecule has 1 aliphatic rings. The lowest BCUT2D eigenvalue weighted by Crippen LogP contribution is -2.38. The van der Waals surface area contributed by atoms with Crippen LogP contribution in [0.1, 0.15) is 16.2 Å². The number of aromatic nitrogens is 3. The van der Waals surface area contributed by atoms with Crippen molar-refractivity contribution in [3.05, 3.63) is 47.8 Å². The third-order valence-electron chi connectivity index (χ3n) is 3.90. The van der Waals surface area contributed by atoms with Crippen LogP contribution in [0, 0.1) is 6.92 Å². The van der Waals surface area contributed by atoms with Gasteiger partial charge in [-0.3, -0.25) is 0 Å². The Balaban J connectivity index is 1.94. The molecule has 1 aromatic carbocycles. The fourth-order valence-electron chi connectivity index (χ4n) is 2.66.